The second-order valence-electron chi connectivity index (χ2n) is 4.46. The number of carboxylic acids is 1. The number of aliphatic hydroxyl groups excluding tert-OH is 1. The predicted molar refractivity (Wildman–Crippen MR) is 72.8 cm³/mol. The number of aliphatic carboxylic acids is 1. The minimum Gasteiger partial charge on any atom is -0.481 e. The average Bonchev–Trinajstić information content (AvgIpc) is 2.46. The standard InChI is InChI=1S/C16H16O3/c17-15(13-9-5-2-6-10-13)11-14(16(18)19)12-7-3-1-4-8-12/h1-10,14-15,17H,11H2,(H,18,19). The van der Waals surface area contributed by atoms with E-state index in [2.05, 4.69) is 0 Å². The molecule has 0 aliphatic carbocycles. The zero-order chi connectivity index (χ0) is 13.7. The molecule has 0 radical (unpaired) electrons. The molecule has 2 unspecified atom stereocenters. The largest absolute Gasteiger partial charge is 0.481 e. The van der Waals surface area contributed by atoms with Crippen LogP contribution in [0.3, 0.4) is 0 Å². The van der Waals surface area contributed by atoms with Crippen LogP contribution in [0.4, 0.5) is 0 Å². The van der Waals surface area contributed by atoms with Crippen molar-refractivity contribution in [2.45, 2.75) is 18.4 Å². The highest BCUT2D eigenvalue weighted by Crippen LogP contribution is 2.28. The van der Waals surface area contributed by atoms with E-state index in [-0.39, 0.29) is 6.42 Å². The Bertz CT molecular complexity index is 522. The van der Waals surface area contributed by atoms with E-state index in [4.69, 9.17) is 0 Å². The lowest BCUT2D eigenvalue weighted by atomic mass is 9.91. The van der Waals surface area contributed by atoms with Crippen molar-refractivity contribution in [1.82, 2.24) is 0 Å². The first-order valence-corrected chi connectivity index (χ1v) is 6.19. The summed E-state index contributed by atoms with van der Waals surface area (Å²) in [5.74, 6) is -1.61. The van der Waals surface area contributed by atoms with E-state index >= 15 is 0 Å². The predicted octanol–water partition coefficient (Wildman–Crippen LogP) is 2.98. The summed E-state index contributed by atoms with van der Waals surface area (Å²) in [7, 11) is 0. The summed E-state index contributed by atoms with van der Waals surface area (Å²) < 4.78 is 0. The molecule has 0 aliphatic rings. The fraction of sp³-hybridized carbons (Fsp3) is 0.188. The van der Waals surface area contributed by atoms with Crippen LogP contribution in [0.25, 0.3) is 0 Å². The van der Waals surface area contributed by atoms with Gasteiger partial charge in [0.2, 0.25) is 0 Å². The van der Waals surface area contributed by atoms with Gasteiger partial charge in [0.05, 0.1) is 12.0 Å². The summed E-state index contributed by atoms with van der Waals surface area (Å²) in [6, 6.07) is 18.1. The Morgan fingerprint density at radius 3 is 1.84 bits per heavy atom. The zero-order valence-corrected chi connectivity index (χ0v) is 10.4. The maximum absolute atomic E-state index is 11.4. The third kappa shape index (κ3) is 3.42. The topological polar surface area (TPSA) is 57.5 Å². The van der Waals surface area contributed by atoms with E-state index in [1.54, 1.807) is 36.4 Å². The maximum atomic E-state index is 11.4. The summed E-state index contributed by atoms with van der Waals surface area (Å²) in [5.41, 5.74) is 1.45. The molecule has 2 rings (SSSR count). The SMILES string of the molecule is O=C(O)C(CC(O)c1ccccc1)c1ccccc1. The normalized spacial score (nSPS) is 13.7. The highest BCUT2D eigenvalue weighted by molar-refractivity contribution is 5.76. The van der Waals surface area contributed by atoms with Crippen LogP contribution in [-0.4, -0.2) is 16.2 Å². The molecule has 3 heteroatoms. The summed E-state index contributed by atoms with van der Waals surface area (Å²) in [6.45, 7) is 0. The summed E-state index contributed by atoms with van der Waals surface area (Å²) in [5, 5.41) is 19.4. The van der Waals surface area contributed by atoms with Crippen molar-refractivity contribution in [2.75, 3.05) is 0 Å². The van der Waals surface area contributed by atoms with Crippen molar-refractivity contribution in [3.63, 3.8) is 0 Å². The Hall–Kier alpha value is -2.13. The number of hydrogen-bond donors (Lipinski definition) is 2. The average molecular weight is 256 g/mol. The fourth-order valence-electron chi connectivity index (χ4n) is 2.10. The molecule has 2 aromatic carbocycles. The van der Waals surface area contributed by atoms with E-state index in [0.717, 1.165) is 5.56 Å². The molecule has 0 bridgehead atoms. The van der Waals surface area contributed by atoms with Crippen LogP contribution in [0.5, 0.6) is 0 Å². The molecule has 0 saturated heterocycles. The van der Waals surface area contributed by atoms with E-state index in [1.165, 1.54) is 0 Å². The Morgan fingerprint density at radius 2 is 1.37 bits per heavy atom. The number of benzene rings is 2. The van der Waals surface area contributed by atoms with E-state index < -0.39 is 18.0 Å². The number of rotatable bonds is 5. The van der Waals surface area contributed by atoms with Gasteiger partial charge in [-0.05, 0) is 17.5 Å². The first-order valence-electron chi connectivity index (χ1n) is 6.19. The van der Waals surface area contributed by atoms with Gasteiger partial charge in [0, 0.05) is 0 Å². The van der Waals surface area contributed by atoms with Crippen LogP contribution in [0, 0.1) is 0 Å². The molecule has 98 valence electrons. The monoisotopic (exact) mass is 256 g/mol. The lowest BCUT2D eigenvalue weighted by molar-refractivity contribution is -0.139. The van der Waals surface area contributed by atoms with Crippen molar-refractivity contribution in [3.8, 4) is 0 Å². The molecule has 3 nitrogen and oxygen atoms in total. The van der Waals surface area contributed by atoms with Gasteiger partial charge in [0.25, 0.3) is 0 Å². The molecule has 2 N–H and O–H groups in total. The maximum Gasteiger partial charge on any atom is 0.311 e. The number of carbonyl (C=O) groups is 1. The number of hydrogen-bond acceptors (Lipinski definition) is 2. The van der Waals surface area contributed by atoms with E-state index in [0.29, 0.717) is 5.56 Å². The molecule has 0 saturated carbocycles. The van der Waals surface area contributed by atoms with Crippen molar-refractivity contribution < 1.29 is 15.0 Å². The van der Waals surface area contributed by atoms with Gasteiger partial charge in [0.15, 0.2) is 0 Å². The molecule has 0 fully saturated rings. The van der Waals surface area contributed by atoms with Gasteiger partial charge in [-0.2, -0.15) is 0 Å². The first kappa shape index (κ1) is 13.3. The molecule has 2 atom stereocenters. The van der Waals surface area contributed by atoms with Crippen molar-refractivity contribution in [1.29, 1.82) is 0 Å². The van der Waals surface area contributed by atoms with Crippen LogP contribution in [0.2, 0.25) is 0 Å². The van der Waals surface area contributed by atoms with Crippen LogP contribution in [0.1, 0.15) is 29.6 Å². The third-order valence-corrected chi connectivity index (χ3v) is 3.14. The zero-order valence-electron chi connectivity index (χ0n) is 10.4. The Morgan fingerprint density at radius 1 is 0.895 bits per heavy atom. The summed E-state index contributed by atoms with van der Waals surface area (Å²) in [6.07, 6.45) is -0.605. The van der Waals surface area contributed by atoms with Crippen molar-refractivity contribution in [2.24, 2.45) is 0 Å². The van der Waals surface area contributed by atoms with Crippen LogP contribution >= 0.6 is 0 Å². The molecule has 0 heterocycles. The highest BCUT2D eigenvalue weighted by Gasteiger charge is 2.23. The number of carboxylic acid groups (broad SMARTS) is 1. The highest BCUT2D eigenvalue weighted by atomic mass is 16.4. The first-order chi connectivity index (χ1) is 9.18. The van der Waals surface area contributed by atoms with Gasteiger partial charge in [0.1, 0.15) is 0 Å². The molecular formula is C16H16O3. The molecule has 0 aliphatic heterocycles. The second-order valence-corrected chi connectivity index (χ2v) is 4.46. The van der Waals surface area contributed by atoms with Gasteiger partial charge < -0.3 is 10.2 Å². The van der Waals surface area contributed by atoms with Gasteiger partial charge in [-0.1, -0.05) is 60.7 Å². The minimum atomic E-state index is -0.916. The van der Waals surface area contributed by atoms with Crippen LogP contribution in [0.15, 0.2) is 60.7 Å². The second kappa shape index (κ2) is 6.16. The van der Waals surface area contributed by atoms with E-state index in [1.807, 2.05) is 24.3 Å². The summed E-state index contributed by atoms with van der Waals surface area (Å²) in [4.78, 5) is 11.4. The summed E-state index contributed by atoms with van der Waals surface area (Å²) >= 11 is 0. The molecule has 0 amide bonds. The van der Waals surface area contributed by atoms with Crippen molar-refractivity contribution >= 4 is 5.97 Å². The molecule has 2 aromatic rings. The minimum absolute atomic E-state index is 0.170. The lowest BCUT2D eigenvalue weighted by Crippen LogP contribution is -2.15. The number of aliphatic hydroxyl groups is 1. The van der Waals surface area contributed by atoms with Crippen LogP contribution < -0.4 is 0 Å². The third-order valence-electron chi connectivity index (χ3n) is 3.14. The van der Waals surface area contributed by atoms with Gasteiger partial charge in [-0.3, -0.25) is 4.79 Å². The molecule has 0 aromatic heterocycles. The fourth-order valence-corrected chi connectivity index (χ4v) is 2.10. The lowest BCUT2D eigenvalue weighted by Gasteiger charge is -2.17. The Balaban J connectivity index is 2.16. The van der Waals surface area contributed by atoms with Crippen LogP contribution in [-0.2, 0) is 4.79 Å². The van der Waals surface area contributed by atoms with Gasteiger partial charge in [-0.25, -0.2) is 0 Å². The molecule has 19 heavy (non-hydrogen) atoms. The smallest absolute Gasteiger partial charge is 0.311 e. The Labute approximate surface area is 112 Å². The molecule has 0 spiro atoms. The molecular weight excluding hydrogens is 240 g/mol. The van der Waals surface area contributed by atoms with Crippen molar-refractivity contribution in [3.05, 3.63) is 71.8 Å². The quantitative estimate of drug-likeness (QED) is 0.864. The van der Waals surface area contributed by atoms with Gasteiger partial charge in [-0.15, -0.1) is 0 Å². The van der Waals surface area contributed by atoms with Gasteiger partial charge >= 0.3 is 5.97 Å². The van der Waals surface area contributed by atoms with E-state index in [9.17, 15) is 15.0 Å². The Kier molecular flexibility index (Phi) is 4.31.